The Morgan fingerprint density at radius 3 is 2.18 bits per heavy atom. The lowest BCUT2D eigenvalue weighted by atomic mass is 9.93. The first kappa shape index (κ1) is 39.0. The molecule has 51 heavy (non-hydrogen) atoms. The molecule has 274 valence electrons. The Labute approximate surface area is 304 Å². The maximum atomic E-state index is 13.9. The number of nitrogens with zero attached hydrogens (tertiary/aromatic N) is 3. The summed E-state index contributed by atoms with van der Waals surface area (Å²) in [5.74, 6) is 0.272. The average Bonchev–Trinajstić information content (AvgIpc) is 3.78. The molecule has 4 atom stereocenters. The van der Waals surface area contributed by atoms with Crippen LogP contribution in [-0.4, -0.2) is 69.5 Å². The molecule has 0 saturated heterocycles. The number of alkyl carbamates (subject to hydrolysis) is 1. The number of aliphatic hydroxyl groups excluding tert-OH is 1. The number of amides is 4. The molecule has 4 rings (SSSR count). The topological polar surface area (TPSA) is 159 Å². The summed E-state index contributed by atoms with van der Waals surface area (Å²) in [6, 6.07) is 18.2. The van der Waals surface area contributed by atoms with Crippen LogP contribution in [-0.2, 0) is 41.9 Å². The molecule has 0 spiro atoms. The molecule has 2 aromatic carbocycles. The lowest BCUT2D eigenvalue weighted by Crippen LogP contribution is -2.55. The molecule has 0 saturated carbocycles. The Morgan fingerprint density at radius 2 is 1.57 bits per heavy atom. The number of urea groups is 1. The van der Waals surface area contributed by atoms with Crippen molar-refractivity contribution < 1.29 is 28.8 Å². The van der Waals surface area contributed by atoms with Crippen LogP contribution < -0.4 is 16.0 Å². The summed E-state index contributed by atoms with van der Waals surface area (Å²) in [7, 11) is 1.68. The molecule has 0 radical (unpaired) electrons. The first-order valence-corrected chi connectivity index (χ1v) is 18.2. The van der Waals surface area contributed by atoms with Gasteiger partial charge >= 0.3 is 12.1 Å². The molecule has 4 amide bonds. The summed E-state index contributed by atoms with van der Waals surface area (Å²) in [5.41, 5.74) is 2.66. The SMILES string of the molecule is CC(C)Cc1nc(CN(C)C(=O)N[C@H](C(=O)N[C@@H](Cc2ccccc2)C[C@H](O)[C@H](Cc2ccccc2)NC(=O)OCc2ccno2)C(C)C)cs1. The minimum Gasteiger partial charge on any atom is -0.441 e. The number of aliphatic hydroxyl groups is 1. The largest absolute Gasteiger partial charge is 0.441 e. The number of hydrogen-bond acceptors (Lipinski definition) is 9. The first-order valence-electron chi connectivity index (χ1n) is 17.3. The molecule has 0 aliphatic carbocycles. The molecule has 0 fully saturated rings. The van der Waals surface area contributed by atoms with Crippen LogP contribution in [0.25, 0.3) is 0 Å². The number of nitrogens with one attached hydrogen (secondary N) is 3. The summed E-state index contributed by atoms with van der Waals surface area (Å²) < 4.78 is 10.3. The molecule has 2 heterocycles. The molecule has 4 N–H and O–H groups in total. The van der Waals surface area contributed by atoms with Crippen LogP contribution in [0.3, 0.4) is 0 Å². The monoisotopic (exact) mass is 718 g/mol. The number of aromatic nitrogens is 2. The Hall–Kier alpha value is -4.75. The summed E-state index contributed by atoms with van der Waals surface area (Å²) in [4.78, 5) is 46.2. The van der Waals surface area contributed by atoms with Gasteiger partial charge in [0.1, 0.15) is 6.04 Å². The number of hydrogen-bond donors (Lipinski definition) is 4. The fourth-order valence-electron chi connectivity index (χ4n) is 5.59. The van der Waals surface area contributed by atoms with Crippen LogP contribution in [0.2, 0.25) is 0 Å². The van der Waals surface area contributed by atoms with Crippen LogP contribution in [0.4, 0.5) is 9.59 Å². The van der Waals surface area contributed by atoms with Gasteiger partial charge in [-0.3, -0.25) is 4.79 Å². The van der Waals surface area contributed by atoms with Crippen LogP contribution in [0.5, 0.6) is 0 Å². The van der Waals surface area contributed by atoms with Crippen molar-refractivity contribution in [3.8, 4) is 0 Å². The van der Waals surface area contributed by atoms with Crippen molar-refractivity contribution in [3.05, 3.63) is 106 Å². The van der Waals surface area contributed by atoms with Gasteiger partial charge in [0.05, 0.1) is 35.6 Å². The second-order valence-corrected chi connectivity index (χ2v) is 14.5. The van der Waals surface area contributed by atoms with E-state index in [0.29, 0.717) is 31.1 Å². The van der Waals surface area contributed by atoms with Crippen LogP contribution in [0.15, 0.2) is 82.8 Å². The van der Waals surface area contributed by atoms with E-state index in [4.69, 9.17) is 9.26 Å². The van der Waals surface area contributed by atoms with Crippen molar-refractivity contribution >= 4 is 29.4 Å². The van der Waals surface area contributed by atoms with Crippen molar-refractivity contribution in [1.29, 1.82) is 0 Å². The van der Waals surface area contributed by atoms with Gasteiger partial charge in [-0.25, -0.2) is 14.6 Å². The summed E-state index contributed by atoms with van der Waals surface area (Å²) in [6.45, 7) is 8.22. The average molecular weight is 719 g/mol. The van der Waals surface area contributed by atoms with E-state index in [1.165, 1.54) is 11.1 Å². The van der Waals surface area contributed by atoms with E-state index in [9.17, 15) is 19.5 Å². The molecule has 0 aliphatic heterocycles. The molecule has 4 aromatic rings. The van der Waals surface area contributed by atoms with Gasteiger partial charge in [-0.15, -0.1) is 11.3 Å². The van der Waals surface area contributed by atoms with Crippen molar-refractivity contribution in [1.82, 2.24) is 31.0 Å². The predicted molar refractivity (Wildman–Crippen MR) is 196 cm³/mol. The maximum absolute atomic E-state index is 13.9. The second-order valence-electron chi connectivity index (χ2n) is 13.6. The van der Waals surface area contributed by atoms with Crippen molar-refractivity contribution in [3.63, 3.8) is 0 Å². The van der Waals surface area contributed by atoms with Gasteiger partial charge in [0.15, 0.2) is 12.4 Å². The Bertz CT molecular complexity index is 1630. The number of rotatable bonds is 18. The van der Waals surface area contributed by atoms with Gasteiger partial charge in [-0.05, 0) is 42.2 Å². The minimum atomic E-state index is -1.08. The Morgan fingerprint density at radius 1 is 0.902 bits per heavy atom. The quantitative estimate of drug-likeness (QED) is 0.105. The fourth-order valence-corrected chi connectivity index (χ4v) is 6.59. The van der Waals surface area contributed by atoms with Gasteiger partial charge in [0, 0.05) is 31.0 Å². The third-order valence-electron chi connectivity index (χ3n) is 8.26. The molecule has 12 nitrogen and oxygen atoms in total. The fraction of sp³-hybridized carbons (Fsp3) is 0.447. The molecule has 0 unspecified atom stereocenters. The van der Waals surface area contributed by atoms with Crippen LogP contribution >= 0.6 is 11.3 Å². The standard InChI is InChI=1S/C38H50N6O6S/c1-25(2)18-34-40-30(24-51-34)22-44(5)37(47)43-35(26(3)4)36(46)41-29(19-27-12-8-6-9-13-27)21-33(45)32(20-28-14-10-7-11-15-28)42-38(48)49-23-31-16-17-39-50-31/h6-17,24-26,29,32-33,35,45H,18-23H2,1-5H3,(H,41,46)(H,42,48)(H,43,47)/t29-,32-,33-,35-/m0/s1. The Kier molecular flexibility index (Phi) is 15.0. The molecular formula is C38H50N6O6S. The second kappa shape index (κ2) is 19.6. The highest BCUT2D eigenvalue weighted by Gasteiger charge is 2.31. The van der Waals surface area contributed by atoms with Gasteiger partial charge in [0.25, 0.3) is 0 Å². The normalized spacial score (nSPS) is 13.6. The zero-order valence-electron chi connectivity index (χ0n) is 30.0. The van der Waals surface area contributed by atoms with E-state index in [1.54, 1.807) is 24.5 Å². The molecular weight excluding hydrogens is 669 g/mol. The zero-order chi connectivity index (χ0) is 36.8. The van der Waals surface area contributed by atoms with Gasteiger partial charge in [0.2, 0.25) is 5.91 Å². The molecule has 0 bridgehead atoms. The van der Waals surface area contributed by atoms with Gasteiger partial charge in [-0.2, -0.15) is 0 Å². The van der Waals surface area contributed by atoms with E-state index >= 15 is 0 Å². The maximum Gasteiger partial charge on any atom is 0.407 e. The number of benzene rings is 2. The number of carbonyl (C=O) groups is 3. The smallest absolute Gasteiger partial charge is 0.407 e. The van der Waals surface area contributed by atoms with E-state index in [2.05, 4.69) is 39.9 Å². The van der Waals surface area contributed by atoms with Crippen molar-refractivity contribution in [2.45, 2.75) is 90.8 Å². The third-order valence-corrected chi connectivity index (χ3v) is 9.18. The number of carbonyl (C=O) groups excluding carboxylic acids is 3. The van der Waals surface area contributed by atoms with Crippen molar-refractivity contribution in [2.75, 3.05) is 7.05 Å². The van der Waals surface area contributed by atoms with Crippen LogP contribution in [0.1, 0.15) is 61.7 Å². The van der Waals surface area contributed by atoms with E-state index < -0.39 is 36.4 Å². The Balaban J connectivity index is 1.45. The minimum absolute atomic E-state index is 0.113. The third kappa shape index (κ3) is 13.1. The molecule has 13 heteroatoms. The van der Waals surface area contributed by atoms with Crippen molar-refractivity contribution in [2.24, 2.45) is 11.8 Å². The summed E-state index contributed by atoms with van der Waals surface area (Å²) >= 11 is 1.58. The lowest BCUT2D eigenvalue weighted by molar-refractivity contribution is -0.124. The zero-order valence-corrected chi connectivity index (χ0v) is 30.8. The highest BCUT2D eigenvalue weighted by atomic mass is 32.1. The highest BCUT2D eigenvalue weighted by molar-refractivity contribution is 7.09. The first-order chi connectivity index (χ1) is 24.5. The number of ether oxygens (including phenoxy) is 1. The predicted octanol–water partition coefficient (Wildman–Crippen LogP) is 5.51. The summed E-state index contributed by atoms with van der Waals surface area (Å²) in [5, 5.41) is 27.1. The molecule has 2 aromatic heterocycles. The van der Waals surface area contributed by atoms with E-state index in [-0.39, 0.29) is 24.9 Å². The highest BCUT2D eigenvalue weighted by Crippen LogP contribution is 2.17. The molecule has 0 aliphatic rings. The number of thiazole rings is 1. The van der Waals surface area contributed by atoms with E-state index in [0.717, 1.165) is 28.2 Å². The summed E-state index contributed by atoms with van der Waals surface area (Å²) in [6.07, 6.45) is 1.38. The van der Waals surface area contributed by atoms with Crippen LogP contribution in [0, 0.1) is 11.8 Å². The van der Waals surface area contributed by atoms with Gasteiger partial charge < -0.3 is 35.2 Å². The lowest BCUT2D eigenvalue weighted by Gasteiger charge is -2.30. The van der Waals surface area contributed by atoms with E-state index in [1.807, 2.05) is 79.9 Å². The van der Waals surface area contributed by atoms with Gasteiger partial charge in [-0.1, -0.05) is 93.5 Å².